The lowest BCUT2D eigenvalue weighted by Gasteiger charge is -2.16. The van der Waals surface area contributed by atoms with Gasteiger partial charge in [-0.15, -0.1) is 10.2 Å². The van der Waals surface area contributed by atoms with Crippen molar-refractivity contribution in [2.75, 3.05) is 13.1 Å². The van der Waals surface area contributed by atoms with Crippen LogP contribution in [0.25, 0.3) is 11.5 Å². The standard InChI is InChI=1S/C15H19N3O3/c1-3-8-18(10-14(19)20)9-13-16-17-15(21-13)12-6-4-11(2)5-7-12/h4-7H,3,8-10H2,1-2H3,(H,19,20). The van der Waals surface area contributed by atoms with Gasteiger partial charge in [0.05, 0.1) is 13.1 Å². The molecule has 0 aliphatic heterocycles. The summed E-state index contributed by atoms with van der Waals surface area (Å²) in [6.07, 6.45) is 0.867. The van der Waals surface area contributed by atoms with Crippen molar-refractivity contribution in [3.05, 3.63) is 35.7 Å². The number of carboxylic acids is 1. The van der Waals surface area contributed by atoms with Crippen LogP contribution in [0.4, 0.5) is 0 Å². The Labute approximate surface area is 123 Å². The zero-order valence-electron chi connectivity index (χ0n) is 12.2. The molecule has 0 unspecified atom stereocenters. The van der Waals surface area contributed by atoms with Gasteiger partial charge in [-0.25, -0.2) is 0 Å². The van der Waals surface area contributed by atoms with Crippen LogP contribution in [0.2, 0.25) is 0 Å². The van der Waals surface area contributed by atoms with Gasteiger partial charge in [-0.2, -0.15) is 0 Å². The Balaban J connectivity index is 2.07. The first-order valence-corrected chi connectivity index (χ1v) is 6.92. The van der Waals surface area contributed by atoms with E-state index in [1.807, 2.05) is 38.1 Å². The largest absolute Gasteiger partial charge is 0.480 e. The SMILES string of the molecule is CCCN(CC(=O)O)Cc1nnc(-c2ccc(C)cc2)o1. The van der Waals surface area contributed by atoms with Gasteiger partial charge >= 0.3 is 5.97 Å². The highest BCUT2D eigenvalue weighted by Crippen LogP contribution is 2.18. The Morgan fingerprint density at radius 2 is 2.00 bits per heavy atom. The second-order valence-electron chi connectivity index (χ2n) is 4.97. The van der Waals surface area contributed by atoms with Gasteiger partial charge in [0.25, 0.3) is 0 Å². The predicted molar refractivity (Wildman–Crippen MR) is 77.7 cm³/mol. The van der Waals surface area contributed by atoms with Gasteiger partial charge in [0.2, 0.25) is 11.8 Å². The molecule has 1 aromatic heterocycles. The quantitative estimate of drug-likeness (QED) is 0.842. The maximum Gasteiger partial charge on any atom is 0.317 e. The highest BCUT2D eigenvalue weighted by molar-refractivity contribution is 5.69. The number of nitrogens with zero attached hydrogens (tertiary/aromatic N) is 3. The average Bonchev–Trinajstić information content (AvgIpc) is 2.87. The Hall–Kier alpha value is -2.21. The Kier molecular flexibility index (Phi) is 5.05. The molecule has 0 amide bonds. The van der Waals surface area contributed by atoms with Crippen molar-refractivity contribution in [2.24, 2.45) is 0 Å². The first kappa shape index (κ1) is 15.2. The molecule has 0 saturated heterocycles. The fourth-order valence-corrected chi connectivity index (χ4v) is 2.04. The van der Waals surface area contributed by atoms with E-state index in [1.54, 1.807) is 4.90 Å². The molecule has 1 aromatic carbocycles. The average molecular weight is 289 g/mol. The smallest absolute Gasteiger partial charge is 0.317 e. The van der Waals surface area contributed by atoms with E-state index in [2.05, 4.69) is 10.2 Å². The zero-order valence-corrected chi connectivity index (χ0v) is 12.2. The minimum atomic E-state index is -0.860. The van der Waals surface area contributed by atoms with Gasteiger partial charge in [-0.05, 0) is 32.0 Å². The van der Waals surface area contributed by atoms with E-state index >= 15 is 0 Å². The van der Waals surface area contributed by atoms with E-state index in [4.69, 9.17) is 9.52 Å². The summed E-state index contributed by atoms with van der Waals surface area (Å²) >= 11 is 0. The molecule has 112 valence electrons. The van der Waals surface area contributed by atoms with E-state index in [9.17, 15) is 4.79 Å². The molecule has 21 heavy (non-hydrogen) atoms. The molecule has 0 spiro atoms. The molecule has 2 rings (SSSR count). The van der Waals surface area contributed by atoms with Crippen LogP contribution < -0.4 is 0 Å². The van der Waals surface area contributed by atoms with Crippen molar-refractivity contribution in [1.82, 2.24) is 15.1 Å². The molecular weight excluding hydrogens is 270 g/mol. The highest BCUT2D eigenvalue weighted by atomic mass is 16.4. The van der Waals surface area contributed by atoms with Crippen molar-refractivity contribution in [3.63, 3.8) is 0 Å². The molecule has 1 heterocycles. The number of carbonyl (C=O) groups is 1. The Morgan fingerprint density at radius 3 is 2.62 bits per heavy atom. The molecule has 6 nitrogen and oxygen atoms in total. The molecule has 0 aliphatic carbocycles. The molecule has 1 N–H and O–H groups in total. The van der Waals surface area contributed by atoms with Crippen LogP contribution in [0, 0.1) is 6.92 Å². The first-order valence-electron chi connectivity index (χ1n) is 6.92. The first-order chi connectivity index (χ1) is 10.1. The Morgan fingerprint density at radius 1 is 1.29 bits per heavy atom. The fraction of sp³-hybridized carbons (Fsp3) is 0.400. The minimum absolute atomic E-state index is 0.0317. The molecule has 0 fully saturated rings. The monoisotopic (exact) mass is 289 g/mol. The van der Waals surface area contributed by atoms with Gasteiger partial charge in [-0.3, -0.25) is 9.69 Å². The lowest BCUT2D eigenvalue weighted by atomic mass is 10.1. The van der Waals surface area contributed by atoms with E-state index in [-0.39, 0.29) is 6.54 Å². The second-order valence-corrected chi connectivity index (χ2v) is 4.97. The van der Waals surface area contributed by atoms with Crippen molar-refractivity contribution in [1.29, 1.82) is 0 Å². The van der Waals surface area contributed by atoms with Crippen molar-refractivity contribution < 1.29 is 14.3 Å². The van der Waals surface area contributed by atoms with E-state index < -0.39 is 5.97 Å². The number of hydrogen-bond donors (Lipinski definition) is 1. The number of benzene rings is 1. The van der Waals surface area contributed by atoms with Crippen LogP contribution in [-0.4, -0.2) is 39.3 Å². The molecule has 0 aliphatic rings. The highest BCUT2D eigenvalue weighted by Gasteiger charge is 2.14. The number of rotatable bonds is 7. The minimum Gasteiger partial charge on any atom is -0.480 e. The number of hydrogen-bond acceptors (Lipinski definition) is 5. The van der Waals surface area contributed by atoms with Crippen LogP contribution in [0.15, 0.2) is 28.7 Å². The van der Waals surface area contributed by atoms with E-state index in [1.165, 1.54) is 0 Å². The molecule has 0 bridgehead atoms. The van der Waals surface area contributed by atoms with Crippen LogP contribution in [-0.2, 0) is 11.3 Å². The molecule has 2 aromatic rings. The van der Waals surface area contributed by atoms with Crippen molar-refractivity contribution >= 4 is 5.97 Å². The van der Waals surface area contributed by atoms with Gasteiger partial charge < -0.3 is 9.52 Å². The summed E-state index contributed by atoms with van der Waals surface area (Å²) < 4.78 is 5.61. The van der Waals surface area contributed by atoms with Crippen LogP contribution in [0.3, 0.4) is 0 Å². The van der Waals surface area contributed by atoms with Crippen molar-refractivity contribution in [2.45, 2.75) is 26.8 Å². The summed E-state index contributed by atoms with van der Waals surface area (Å²) in [6.45, 7) is 5.00. The maximum atomic E-state index is 10.8. The lowest BCUT2D eigenvalue weighted by Crippen LogP contribution is -2.30. The second kappa shape index (κ2) is 6.99. The van der Waals surface area contributed by atoms with E-state index in [0.29, 0.717) is 24.9 Å². The Bertz CT molecular complexity index is 592. The number of aryl methyl sites for hydroxylation is 1. The predicted octanol–water partition coefficient (Wildman–Crippen LogP) is 2.34. The molecule has 0 saturated carbocycles. The van der Waals surface area contributed by atoms with Crippen molar-refractivity contribution in [3.8, 4) is 11.5 Å². The third-order valence-corrected chi connectivity index (χ3v) is 3.02. The van der Waals surface area contributed by atoms with E-state index in [0.717, 1.165) is 17.5 Å². The number of aromatic nitrogens is 2. The van der Waals surface area contributed by atoms with Crippen LogP contribution in [0.1, 0.15) is 24.8 Å². The van der Waals surface area contributed by atoms with Gasteiger partial charge in [-0.1, -0.05) is 24.6 Å². The fourth-order valence-electron chi connectivity index (χ4n) is 2.04. The summed E-state index contributed by atoms with van der Waals surface area (Å²) in [7, 11) is 0. The maximum absolute atomic E-state index is 10.8. The van der Waals surface area contributed by atoms with Gasteiger partial charge in [0, 0.05) is 5.56 Å². The molecular formula is C15H19N3O3. The topological polar surface area (TPSA) is 79.5 Å². The summed E-state index contributed by atoms with van der Waals surface area (Å²) in [6, 6.07) is 7.81. The summed E-state index contributed by atoms with van der Waals surface area (Å²) in [4.78, 5) is 12.6. The van der Waals surface area contributed by atoms with Crippen LogP contribution >= 0.6 is 0 Å². The van der Waals surface area contributed by atoms with Gasteiger partial charge in [0.1, 0.15) is 0 Å². The molecule has 0 radical (unpaired) electrons. The van der Waals surface area contributed by atoms with Crippen LogP contribution in [0.5, 0.6) is 0 Å². The number of aliphatic carboxylic acids is 1. The normalized spacial score (nSPS) is 11.0. The molecule has 6 heteroatoms. The third-order valence-electron chi connectivity index (χ3n) is 3.02. The molecule has 0 atom stereocenters. The summed E-state index contributed by atoms with van der Waals surface area (Å²) in [5.74, 6) is 0.0266. The summed E-state index contributed by atoms with van der Waals surface area (Å²) in [5, 5.41) is 16.9. The zero-order chi connectivity index (χ0) is 15.2. The third kappa shape index (κ3) is 4.39. The van der Waals surface area contributed by atoms with Gasteiger partial charge in [0.15, 0.2) is 0 Å². The summed E-state index contributed by atoms with van der Waals surface area (Å²) in [5.41, 5.74) is 2.02. The number of carboxylic acid groups (broad SMARTS) is 1. The lowest BCUT2D eigenvalue weighted by molar-refractivity contribution is -0.138.